The van der Waals surface area contributed by atoms with Gasteiger partial charge in [-0.05, 0) is 51.6 Å². The van der Waals surface area contributed by atoms with E-state index in [1.807, 2.05) is 0 Å². The highest BCUT2D eigenvalue weighted by Gasteiger charge is 2.41. The molecule has 0 aromatic carbocycles. The van der Waals surface area contributed by atoms with E-state index in [0.717, 1.165) is 32.5 Å². The highest BCUT2D eigenvalue weighted by Crippen LogP contribution is 2.42. The molecule has 114 valence electrons. The third kappa shape index (κ3) is 3.17. The third-order valence-electron chi connectivity index (χ3n) is 5.56. The van der Waals surface area contributed by atoms with Gasteiger partial charge in [-0.3, -0.25) is 4.79 Å². The molecule has 0 aromatic rings. The van der Waals surface area contributed by atoms with Gasteiger partial charge in [-0.15, -0.1) is 0 Å². The van der Waals surface area contributed by atoms with E-state index in [1.165, 1.54) is 44.9 Å². The Bertz CT molecular complexity index is 344. The number of carbonyl (C=O) groups excluding carboxylic acids is 1. The van der Waals surface area contributed by atoms with Crippen LogP contribution in [0.3, 0.4) is 0 Å². The second-order valence-electron chi connectivity index (χ2n) is 7.00. The molecule has 3 rings (SSSR count). The number of amides is 1. The molecule has 0 radical (unpaired) electrons. The summed E-state index contributed by atoms with van der Waals surface area (Å²) in [7, 11) is 0. The molecule has 2 saturated heterocycles. The van der Waals surface area contributed by atoms with Crippen LogP contribution in [0.15, 0.2) is 0 Å². The molecule has 3 aliphatic rings. The van der Waals surface area contributed by atoms with Crippen molar-refractivity contribution in [3.05, 3.63) is 0 Å². The average molecular weight is 280 g/mol. The minimum absolute atomic E-state index is 0.0976. The summed E-state index contributed by atoms with van der Waals surface area (Å²) >= 11 is 0. The second-order valence-corrected chi connectivity index (χ2v) is 7.00. The Kier molecular flexibility index (Phi) is 4.32. The van der Waals surface area contributed by atoms with Crippen LogP contribution in [-0.4, -0.2) is 42.1 Å². The summed E-state index contributed by atoms with van der Waals surface area (Å²) in [4.78, 5) is 13.7. The largest absolute Gasteiger partial charge is 0.370 e. The van der Waals surface area contributed by atoms with Gasteiger partial charge in [0.15, 0.2) is 0 Å². The van der Waals surface area contributed by atoms with Gasteiger partial charge in [0.25, 0.3) is 0 Å². The number of nitrogens with two attached hydrogens (primary N) is 1. The monoisotopic (exact) mass is 280 g/mol. The van der Waals surface area contributed by atoms with E-state index >= 15 is 0 Å². The summed E-state index contributed by atoms with van der Waals surface area (Å²) in [6.45, 7) is 3.05. The molecule has 4 heteroatoms. The number of likely N-dealkylation sites (tertiary alicyclic amines) is 1. The SMILES string of the molecule is NC(=O)C1CCN(CC2CCC3(CCCCC3)O2)CC1. The van der Waals surface area contributed by atoms with Gasteiger partial charge in [0.2, 0.25) is 5.91 Å². The van der Waals surface area contributed by atoms with Gasteiger partial charge in [0, 0.05) is 12.5 Å². The first-order valence-electron chi connectivity index (χ1n) is 8.36. The van der Waals surface area contributed by atoms with Crippen LogP contribution in [0.2, 0.25) is 0 Å². The fourth-order valence-electron chi connectivity index (χ4n) is 4.28. The van der Waals surface area contributed by atoms with E-state index in [4.69, 9.17) is 10.5 Å². The molecule has 3 fully saturated rings. The Hall–Kier alpha value is -0.610. The van der Waals surface area contributed by atoms with Gasteiger partial charge < -0.3 is 15.4 Å². The fourth-order valence-corrected chi connectivity index (χ4v) is 4.28. The fraction of sp³-hybridized carbons (Fsp3) is 0.938. The molecule has 2 heterocycles. The van der Waals surface area contributed by atoms with Crippen molar-refractivity contribution in [3.8, 4) is 0 Å². The number of hydrogen-bond donors (Lipinski definition) is 1. The summed E-state index contributed by atoms with van der Waals surface area (Å²) < 4.78 is 6.43. The molecule has 1 aliphatic carbocycles. The van der Waals surface area contributed by atoms with Crippen LogP contribution in [0.5, 0.6) is 0 Å². The highest BCUT2D eigenvalue weighted by molar-refractivity contribution is 5.76. The molecule has 4 nitrogen and oxygen atoms in total. The molecule has 2 N–H and O–H groups in total. The van der Waals surface area contributed by atoms with Gasteiger partial charge >= 0.3 is 0 Å². The zero-order chi connectivity index (χ0) is 14.0. The maximum Gasteiger partial charge on any atom is 0.220 e. The number of primary amides is 1. The molecule has 0 aromatic heterocycles. The van der Waals surface area contributed by atoms with Crippen molar-refractivity contribution in [2.24, 2.45) is 11.7 Å². The molecule has 0 bridgehead atoms. The number of hydrogen-bond acceptors (Lipinski definition) is 3. The Morgan fingerprint density at radius 2 is 1.80 bits per heavy atom. The Morgan fingerprint density at radius 3 is 2.45 bits per heavy atom. The number of carbonyl (C=O) groups is 1. The van der Waals surface area contributed by atoms with Crippen molar-refractivity contribution >= 4 is 5.91 Å². The number of rotatable bonds is 3. The normalized spacial score (nSPS) is 31.7. The van der Waals surface area contributed by atoms with E-state index < -0.39 is 0 Å². The zero-order valence-corrected chi connectivity index (χ0v) is 12.5. The highest BCUT2D eigenvalue weighted by atomic mass is 16.5. The van der Waals surface area contributed by atoms with Crippen LogP contribution >= 0.6 is 0 Å². The topological polar surface area (TPSA) is 55.6 Å². The summed E-state index contributed by atoms with van der Waals surface area (Å²) in [5, 5.41) is 0. The molecular weight excluding hydrogens is 252 g/mol. The van der Waals surface area contributed by atoms with Gasteiger partial charge in [-0.1, -0.05) is 19.3 Å². The van der Waals surface area contributed by atoms with Crippen LogP contribution in [0.25, 0.3) is 0 Å². The average Bonchev–Trinajstić information content (AvgIpc) is 2.83. The van der Waals surface area contributed by atoms with E-state index in [9.17, 15) is 4.79 Å². The first-order chi connectivity index (χ1) is 9.67. The Labute approximate surface area is 122 Å². The Morgan fingerprint density at radius 1 is 1.10 bits per heavy atom. The summed E-state index contributed by atoms with van der Waals surface area (Å²) in [5.41, 5.74) is 5.62. The van der Waals surface area contributed by atoms with Crippen LogP contribution in [0.1, 0.15) is 57.8 Å². The number of nitrogens with zero attached hydrogens (tertiary/aromatic N) is 1. The van der Waals surface area contributed by atoms with Crippen molar-refractivity contribution in [3.63, 3.8) is 0 Å². The maximum atomic E-state index is 11.2. The predicted octanol–water partition coefficient (Wildman–Crippen LogP) is 2.07. The second kappa shape index (κ2) is 6.02. The van der Waals surface area contributed by atoms with Crippen LogP contribution < -0.4 is 5.73 Å². The van der Waals surface area contributed by atoms with Crippen molar-refractivity contribution in [2.75, 3.05) is 19.6 Å². The van der Waals surface area contributed by atoms with Crippen molar-refractivity contribution in [1.29, 1.82) is 0 Å². The lowest BCUT2D eigenvalue weighted by molar-refractivity contribution is -0.123. The van der Waals surface area contributed by atoms with Gasteiger partial charge in [-0.2, -0.15) is 0 Å². The smallest absolute Gasteiger partial charge is 0.220 e. The molecule has 1 amide bonds. The van der Waals surface area contributed by atoms with E-state index in [2.05, 4.69) is 4.90 Å². The molecule has 1 saturated carbocycles. The van der Waals surface area contributed by atoms with Crippen molar-refractivity contribution < 1.29 is 9.53 Å². The quantitative estimate of drug-likeness (QED) is 0.861. The third-order valence-corrected chi connectivity index (χ3v) is 5.56. The number of piperidine rings is 1. The van der Waals surface area contributed by atoms with Crippen molar-refractivity contribution in [2.45, 2.75) is 69.5 Å². The standard InChI is InChI=1S/C16H28N2O2/c17-15(19)13-5-10-18(11-6-13)12-14-4-9-16(20-14)7-2-1-3-8-16/h13-14H,1-12H2,(H2,17,19). The van der Waals surface area contributed by atoms with E-state index in [-0.39, 0.29) is 17.4 Å². The van der Waals surface area contributed by atoms with E-state index in [1.54, 1.807) is 0 Å². The molecule has 20 heavy (non-hydrogen) atoms. The summed E-state index contributed by atoms with van der Waals surface area (Å²) in [6, 6.07) is 0. The first-order valence-corrected chi connectivity index (χ1v) is 8.36. The molecule has 1 unspecified atom stereocenters. The van der Waals surface area contributed by atoms with Crippen LogP contribution in [0.4, 0.5) is 0 Å². The predicted molar refractivity (Wildman–Crippen MR) is 78.3 cm³/mol. The van der Waals surface area contributed by atoms with Crippen molar-refractivity contribution in [1.82, 2.24) is 4.90 Å². The molecule has 1 spiro atoms. The first kappa shape index (κ1) is 14.3. The summed E-state index contributed by atoms with van der Waals surface area (Å²) in [5.74, 6) is -0.0247. The lowest BCUT2D eigenvalue weighted by Gasteiger charge is -2.35. The summed E-state index contributed by atoms with van der Waals surface area (Å²) in [6.07, 6.45) is 11.4. The lowest BCUT2D eigenvalue weighted by atomic mass is 9.83. The Balaban J connectivity index is 1.44. The number of ether oxygens (including phenoxy) is 1. The van der Waals surface area contributed by atoms with Gasteiger partial charge in [0.05, 0.1) is 11.7 Å². The lowest BCUT2D eigenvalue weighted by Crippen LogP contribution is -2.42. The maximum absolute atomic E-state index is 11.2. The van der Waals surface area contributed by atoms with Crippen LogP contribution in [0, 0.1) is 5.92 Å². The van der Waals surface area contributed by atoms with Gasteiger partial charge in [0.1, 0.15) is 0 Å². The molecule has 2 aliphatic heterocycles. The molecule has 1 atom stereocenters. The molecular formula is C16H28N2O2. The van der Waals surface area contributed by atoms with Crippen LogP contribution in [-0.2, 0) is 9.53 Å². The minimum Gasteiger partial charge on any atom is -0.370 e. The van der Waals surface area contributed by atoms with Gasteiger partial charge in [-0.25, -0.2) is 0 Å². The van der Waals surface area contributed by atoms with E-state index in [0.29, 0.717) is 6.10 Å². The minimum atomic E-state index is -0.122. The zero-order valence-electron chi connectivity index (χ0n) is 12.5.